The first kappa shape index (κ1) is 14.2. The third-order valence-electron chi connectivity index (χ3n) is 3.65. The number of pyridine rings is 1. The van der Waals surface area contributed by atoms with Crippen molar-refractivity contribution < 1.29 is 9.21 Å². The van der Waals surface area contributed by atoms with Crippen molar-refractivity contribution in [2.24, 2.45) is 0 Å². The summed E-state index contributed by atoms with van der Waals surface area (Å²) in [6, 6.07) is 13.1. The molecule has 4 aromatic rings. The number of aryl methyl sites for hydroxylation is 1. The fourth-order valence-corrected chi connectivity index (χ4v) is 2.59. The minimum Gasteiger partial charge on any atom is -0.443 e. The highest BCUT2D eigenvalue weighted by Gasteiger charge is 2.18. The molecule has 0 atom stereocenters. The molecule has 1 aromatic carbocycles. The number of imidazole rings is 1. The molecule has 0 saturated carbocycles. The zero-order valence-electron chi connectivity index (χ0n) is 12.9. The first-order chi connectivity index (χ1) is 11.7. The van der Waals surface area contributed by atoms with Gasteiger partial charge in [0, 0.05) is 18.0 Å². The van der Waals surface area contributed by atoms with Gasteiger partial charge in [0.05, 0.1) is 11.4 Å². The number of carbonyl (C=O) groups is 1. The Hall–Kier alpha value is -3.41. The van der Waals surface area contributed by atoms with Crippen molar-refractivity contribution >= 4 is 17.2 Å². The van der Waals surface area contributed by atoms with Crippen LogP contribution in [-0.2, 0) is 0 Å². The maximum absolute atomic E-state index is 12.6. The van der Waals surface area contributed by atoms with Crippen LogP contribution in [0.5, 0.6) is 0 Å². The van der Waals surface area contributed by atoms with E-state index < -0.39 is 0 Å². The normalized spacial score (nSPS) is 10.9. The van der Waals surface area contributed by atoms with E-state index in [0.717, 1.165) is 16.9 Å². The molecule has 0 unspecified atom stereocenters. The van der Waals surface area contributed by atoms with Gasteiger partial charge >= 0.3 is 0 Å². The summed E-state index contributed by atoms with van der Waals surface area (Å²) in [7, 11) is 0. The molecule has 6 nitrogen and oxygen atoms in total. The van der Waals surface area contributed by atoms with Gasteiger partial charge in [-0.25, -0.2) is 9.97 Å². The Morgan fingerprint density at radius 2 is 1.96 bits per heavy atom. The van der Waals surface area contributed by atoms with Crippen molar-refractivity contribution in [1.29, 1.82) is 0 Å². The summed E-state index contributed by atoms with van der Waals surface area (Å²) in [5, 5.41) is 2.85. The van der Waals surface area contributed by atoms with Crippen LogP contribution >= 0.6 is 0 Å². The van der Waals surface area contributed by atoms with Gasteiger partial charge in [0.1, 0.15) is 5.65 Å². The third kappa shape index (κ3) is 2.54. The molecular weight excluding hydrogens is 304 g/mol. The van der Waals surface area contributed by atoms with Crippen LogP contribution < -0.4 is 5.32 Å². The Labute approximate surface area is 137 Å². The molecule has 0 fully saturated rings. The van der Waals surface area contributed by atoms with E-state index in [4.69, 9.17) is 4.42 Å². The molecule has 0 aliphatic carbocycles. The minimum atomic E-state index is -0.321. The second-order valence-corrected chi connectivity index (χ2v) is 5.42. The van der Waals surface area contributed by atoms with Crippen molar-refractivity contribution in [3.8, 4) is 11.3 Å². The lowest BCUT2D eigenvalue weighted by Gasteiger charge is -2.05. The van der Waals surface area contributed by atoms with Gasteiger partial charge in [0.15, 0.2) is 17.8 Å². The van der Waals surface area contributed by atoms with Gasteiger partial charge in [0.25, 0.3) is 5.91 Å². The number of rotatable bonds is 3. The maximum atomic E-state index is 12.6. The van der Waals surface area contributed by atoms with Crippen molar-refractivity contribution in [3.05, 3.63) is 72.6 Å². The zero-order valence-corrected chi connectivity index (χ0v) is 12.9. The second-order valence-electron chi connectivity index (χ2n) is 5.42. The van der Waals surface area contributed by atoms with Crippen molar-refractivity contribution in [2.45, 2.75) is 6.92 Å². The third-order valence-corrected chi connectivity index (χ3v) is 3.65. The highest BCUT2D eigenvalue weighted by atomic mass is 16.3. The molecule has 0 saturated heterocycles. The maximum Gasteiger partial charge on any atom is 0.278 e. The zero-order chi connectivity index (χ0) is 16.5. The Morgan fingerprint density at radius 1 is 1.12 bits per heavy atom. The van der Waals surface area contributed by atoms with Crippen LogP contribution in [0.2, 0.25) is 0 Å². The molecule has 3 aromatic heterocycles. The largest absolute Gasteiger partial charge is 0.443 e. The summed E-state index contributed by atoms with van der Waals surface area (Å²) in [5.41, 5.74) is 3.47. The number of anilines is 1. The van der Waals surface area contributed by atoms with Crippen LogP contribution in [0.3, 0.4) is 0 Å². The number of amides is 1. The molecule has 118 valence electrons. The molecule has 1 amide bonds. The van der Waals surface area contributed by atoms with Gasteiger partial charge in [-0.2, -0.15) is 0 Å². The van der Waals surface area contributed by atoms with E-state index in [2.05, 4.69) is 15.3 Å². The number of benzene rings is 1. The molecule has 4 rings (SSSR count). The van der Waals surface area contributed by atoms with Crippen LogP contribution in [0.4, 0.5) is 5.69 Å². The molecule has 3 heterocycles. The summed E-state index contributed by atoms with van der Waals surface area (Å²) in [5.74, 6) is 0.131. The van der Waals surface area contributed by atoms with E-state index in [-0.39, 0.29) is 11.6 Å². The van der Waals surface area contributed by atoms with E-state index in [1.807, 2.05) is 66.2 Å². The smallest absolute Gasteiger partial charge is 0.278 e. The van der Waals surface area contributed by atoms with Crippen molar-refractivity contribution in [2.75, 3.05) is 5.32 Å². The highest BCUT2D eigenvalue weighted by Crippen LogP contribution is 2.23. The Bertz CT molecular complexity index is 1020. The fraction of sp³-hybridized carbons (Fsp3) is 0.0556. The first-order valence-corrected chi connectivity index (χ1v) is 7.46. The number of nitrogens with zero attached hydrogens (tertiary/aromatic N) is 3. The van der Waals surface area contributed by atoms with Crippen LogP contribution in [0, 0.1) is 6.92 Å². The van der Waals surface area contributed by atoms with E-state index in [1.165, 1.54) is 6.39 Å². The van der Waals surface area contributed by atoms with Crippen LogP contribution in [-0.4, -0.2) is 20.3 Å². The van der Waals surface area contributed by atoms with Crippen LogP contribution in [0.25, 0.3) is 17.0 Å². The Balaban J connectivity index is 1.63. The number of nitrogens with one attached hydrogen (secondary N) is 1. The number of hydrogen-bond donors (Lipinski definition) is 1. The predicted molar refractivity (Wildman–Crippen MR) is 89.8 cm³/mol. The molecule has 0 aliphatic rings. The number of fused-ring (bicyclic) bond motifs is 1. The molecular formula is C18H14N4O2. The molecule has 0 spiro atoms. The number of oxazole rings is 1. The molecule has 0 bridgehead atoms. The Kier molecular flexibility index (Phi) is 3.35. The SMILES string of the molecule is Cc1cn2cc(NC(=O)c3ncoc3-c3ccccc3)ccc2n1. The van der Waals surface area contributed by atoms with Gasteiger partial charge < -0.3 is 14.1 Å². The van der Waals surface area contributed by atoms with E-state index in [9.17, 15) is 4.79 Å². The molecule has 1 N–H and O–H groups in total. The Morgan fingerprint density at radius 3 is 2.79 bits per heavy atom. The van der Waals surface area contributed by atoms with E-state index in [1.54, 1.807) is 0 Å². The summed E-state index contributed by atoms with van der Waals surface area (Å²) >= 11 is 0. The lowest BCUT2D eigenvalue weighted by atomic mass is 10.1. The molecule has 0 radical (unpaired) electrons. The number of carbonyl (C=O) groups excluding carboxylic acids is 1. The minimum absolute atomic E-state index is 0.253. The van der Waals surface area contributed by atoms with Crippen molar-refractivity contribution in [1.82, 2.24) is 14.4 Å². The number of aromatic nitrogens is 3. The predicted octanol–water partition coefficient (Wildman–Crippen LogP) is 3.55. The topological polar surface area (TPSA) is 72.4 Å². The van der Waals surface area contributed by atoms with Crippen LogP contribution in [0.1, 0.15) is 16.2 Å². The average Bonchev–Trinajstić information content (AvgIpc) is 3.21. The molecule has 24 heavy (non-hydrogen) atoms. The molecule has 0 aliphatic heterocycles. The fourth-order valence-electron chi connectivity index (χ4n) is 2.59. The lowest BCUT2D eigenvalue weighted by molar-refractivity contribution is 0.102. The number of hydrogen-bond acceptors (Lipinski definition) is 4. The van der Waals surface area contributed by atoms with E-state index in [0.29, 0.717) is 11.4 Å². The average molecular weight is 318 g/mol. The van der Waals surface area contributed by atoms with Gasteiger partial charge in [-0.15, -0.1) is 0 Å². The van der Waals surface area contributed by atoms with E-state index >= 15 is 0 Å². The summed E-state index contributed by atoms with van der Waals surface area (Å²) in [6.07, 6.45) is 4.99. The second kappa shape index (κ2) is 5.66. The standard InChI is InChI=1S/C18H14N4O2/c1-12-9-22-10-14(7-8-15(22)20-12)21-18(23)16-17(24-11-19-16)13-5-3-2-4-6-13/h2-11H,1H3,(H,21,23). The summed E-state index contributed by atoms with van der Waals surface area (Å²) in [6.45, 7) is 1.92. The first-order valence-electron chi connectivity index (χ1n) is 7.46. The monoisotopic (exact) mass is 318 g/mol. The summed E-state index contributed by atoms with van der Waals surface area (Å²) < 4.78 is 7.26. The highest BCUT2D eigenvalue weighted by molar-refractivity contribution is 6.06. The molecule has 6 heteroatoms. The van der Waals surface area contributed by atoms with Gasteiger partial charge in [0.2, 0.25) is 0 Å². The lowest BCUT2D eigenvalue weighted by Crippen LogP contribution is -2.13. The quantitative estimate of drug-likeness (QED) is 0.627. The van der Waals surface area contributed by atoms with Gasteiger partial charge in [-0.05, 0) is 19.1 Å². The van der Waals surface area contributed by atoms with Gasteiger partial charge in [-0.1, -0.05) is 30.3 Å². The van der Waals surface area contributed by atoms with Crippen LogP contribution in [0.15, 0.2) is 65.7 Å². The van der Waals surface area contributed by atoms with Gasteiger partial charge in [-0.3, -0.25) is 4.79 Å². The summed E-state index contributed by atoms with van der Waals surface area (Å²) in [4.78, 5) is 21.0. The van der Waals surface area contributed by atoms with Crippen molar-refractivity contribution in [3.63, 3.8) is 0 Å².